The number of hydrogen-bond acceptors (Lipinski definition) is 2. The van der Waals surface area contributed by atoms with Gasteiger partial charge >= 0.3 is 0 Å². The van der Waals surface area contributed by atoms with Crippen molar-refractivity contribution in [3.8, 4) is 0 Å². The van der Waals surface area contributed by atoms with Crippen molar-refractivity contribution < 1.29 is 13.9 Å². The van der Waals surface area contributed by atoms with E-state index < -0.39 is 6.43 Å². The second-order valence-corrected chi connectivity index (χ2v) is 4.29. The number of hydrogen-bond donors (Lipinski definition) is 2. The average molecular weight is 243 g/mol. The molecule has 0 radical (unpaired) electrons. The number of rotatable bonds is 7. The minimum Gasteiger partial charge on any atom is -0.396 e. The molecule has 0 aliphatic carbocycles. The molecule has 1 atom stereocenters. The van der Waals surface area contributed by atoms with Crippen molar-refractivity contribution in [1.82, 2.24) is 5.32 Å². The quantitative estimate of drug-likeness (QED) is 0.771. The zero-order chi connectivity index (χ0) is 12.7. The fourth-order valence-electron chi connectivity index (χ4n) is 1.57. The lowest BCUT2D eigenvalue weighted by atomic mass is 10.1. The van der Waals surface area contributed by atoms with Gasteiger partial charge in [0.15, 0.2) is 0 Å². The predicted molar refractivity (Wildman–Crippen MR) is 64.0 cm³/mol. The molecule has 2 N–H and O–H groups in total. The summed E-state index contributed by atoms with van der Waals surface area (Å²) in [5.41, 5.74) is 1.05. The van der Waals surface area contributed by atoms with Gasteiger partial charge in [-0.25, -0.2) is 8.78 Å². The molecule has 2 nitrogen and oxygen atoms in total. The summed E-state index contributed by atoms with van der Waals surface area (Å²) in [7, 11) is 0. The van der Waals surface area contributed by atoms with Gasteiger partial charge in [0.25, 0.3) is 6.43 Å². The van der Waals surface area contributed by atoms with Gasteiger partial charge in [0.05, 0.1) is 0 Å². The van der Waals surface area contributed by atoms with Crippen LogP contribution in [-0.4, -0.2) is 18.3 Å². The summed E-state index contributed by atoms with van der Waals surface area (Å²) >= 11 is 0. The van der Waals surface area contributed by atoms with E-state index in [1.54, 1.807) is 12.1 Å². The molecule has 0 aliphatic heterocycles. The van der Waals surface area contributed by atoms with Gasteiger partial charge in [-0.3, -0.25) is 0 Å². The van der Waals surface area contributed by atoms with Gasteiger partial charge in [-0.2, -0.15) is 0 Å². The smallest absolute Gasteiger partial charge is 0.263 e. The molecular formula is C13H19F2NO. The molecule has 4 heteroatoms. The summed E-state index contributed by atoms with van der Waals surface area (Å²) in [5, 5.41) is 12.0. The van der Waals surface area contributed by atoms with Crippen molar-refractivity contribution in [2.75, 3.05) is 13.2 Å². The van der Waals surface area contributed by atoms with Crippen LogP contribution in [-0.2, 0) is 6.54 Å². The molecule has 0 spiro atoms. The van der Waals surface area contributed by atoms with Gasteiger partial charge < -0.3 is 10.4 Å². The van der Waals surface area contributed by atoms with E-state index in [-0.39, 0.29) is 12.2 Å². The molecule has 0 amide bonds. The van der Waals surface area contributed by atoms with Gasteiger partial charge in [-0.05, 0) is 24.4 Å². The molecule has 0 aromatic heterocycles. The van der Waals surface area contributed by atoms with Crippen molar-refractivity contribution in [3.05, 3.63) is 35.4 Å². The van der Waals surface area contributed by atoms with E-state index in [4.69, 9.17) is 5.11 Å². The predicted octanol–water partition coefficient (Wildman–Crippen LogP) is 2.73. The highest BCUT2D eigenvalue weighted by Gasteiger charge is 2.06. The topological polar surface area (TPSA) is 32.3 Å². The van der Waals surface area contributed by atoms with Crippen LogP contribution in [0.15, 0.2) is 24.3 Å². The van der Waals surface area contributed by atoms with Crippen LogP contribution in [0.3, 0.4) is 0 Å². The second kappa shape index (κ2) is 7.35. The van der Waals surface area contributed by atoms with Gasteiger partial charge in [0.1, 0.15) is 0 Å². The zero-order valence-electron chi connectivity index (χ0n) is 10.00. The van der Waals surface area contributed by atoms with E-state index in [0.717, 1.165) is 18.5 Å². The lowest BCUT2D eigenvalue weighted by Crippen LogP contribution is -2.21. The normalized spacial score (nSPS) is 13.0. The highest BCUT2D eigenvalue weighted by Crippen LogP contribution is 2.18. The van der Waals surface area contributed by atoms with Crippen molar-refractivity contribution in [2.24, 2.45) is 5.92 Å². The molecular weight excluding hydrogens is 224 g/mol. The van der Waals surface area contributed by atoms with E-state index in [1.807, 2.05) is 0 Å². The summed E-state index contributed by atoms with van der Waals surface area (Å²) in [5.74, 6) is 0.417. The van der Waals surface area contributed by atoms with Gasteiger partial charge in [-0.1, -0.05) is 31.2 Å². The summed E-state index contributed by atoms with van der Waals surface area (Å²) < 4.78 is 24.6. The summed E-state index contributed by atoms with van der Waals surface area (Å²) in [6.07, 6.45) is -1.63. The lowest BCUT2D eigenvalue weighted by Gasteiger charge is -2.11. The molecule has 0 fully saturated rings. The molecule has 17 heavy (non-hydrogen) atoms. The first-order valence-electron chi connectivity index (χ1n) is 5.82. The largest absolute Gasteiger partial charge is 0.396 e. The van der Waals surface area contributed by atoms with E-state index in [2.05, 4.69) is 12.2 Å². The van der Waals surface area contributed by atoms with Crippen LogP contribution >= 0.6 is 0 Å². The Kier molecular flexibility index (Phi) is 6.08. The van der Waals surface area contributed by atoms with Crippen molar-refractivity contribution >= 4 is 0 Å². The summed E-state index contributed by atoms with van der Waals surface area (Å²) in [6, 6.07) is 6.34. The molecule has 0 heterocycles. The molecule has 1 aromatic rings. The van der Waals surface area contributed by atoms with E-state index in [9.17, 15) is 8.78 Å². The van der Waals surface area contributed by atoms with Gasteiger partial charge in [0.2, 0.25) is 0 Å². The monoisotopic (exact) mass is 243 g/mol. The third-order valence-corrected chi connectivity index (χ3v) is 2.68. The zero-order valence-corrected chi connectivity index (χ0v) is 10.00. The number of aliphatic hydroxyl groups excluding tert-OH is 1. The van der Waals surface area contributed by atoms with E-state index in [0.29, 0.717) is 12.5 Å². The van der Waals surface area contributed by atoms with Gasteiger partial charge in [0, 0.05) is 18.7 Å². The Morgan fingerprint density at radius 2 is 1.88 bits per heavy atom. The lowest BCUT2D eigenvalue weighted by molar-refractivity contribution is 0.151. The Morgan fingerprint density at radius 1 is 1.24 bits per heavy atom. The van der Waals surface area contributed by atoms with Gasteiger partial charge in [-0.15, -0.1) is 0 Å². The fourth-order valence-corrected chi connectivity index (χ4v) is 1.57. The molecule has 1 rings (SSSR count). The highest BCUT2D eigenvalue weighted by atomic mass is 19.3. The van der Waals surface area contributed by atoms with Crippen LogP contribution in [0.5, 0.6) is 0 Å². The number of aliphatic hydroxyl groups is 1. The molecule has 1 aromatic carbocycles. The molecule has 96 valence electrons. The van der Waals surface area contributed by atoms with Crippen LogP contribution in [0.25, 0.3) is 0 Å². The van der Waals surface area contributed by atoms with Crippen molar-refractivity contribution in [2.45, 2.75) is 26.3 Å². The highest BCUT2D eigenvalue weighted by molar-refractivity contribution is 5.23. The maximum absolute atomic E-state index is 12.3. The van der Waals surface area contributed by atoms with Crippen LogP contribution < -0.4 is 5.32 Å². The first kappa shape index (κ1) is 14.1. The molecule has 0 saturated heterocycles. The molecule has 0 bridgehead atoms. The number of alkyl halides is 2. The maximum Gasteiger partial charge on any atom is 0.263 e. The third-order valence-electron chi connectivity index (χ3n) is 2.68. The summed E-state index contributed by atoms with van der Waals surface area (Å²) in [6.45, 7) is 3.74. The van der Waals surface area contributed by atoms with Crippen LogP contribution in [0, 0.1) is 5.92 Å². The first-order valence-corrected chi connectivity index (χ1v) is 5.82. The minimum absolute atomic E-state index is 0.0578. The van der Waals surface area contributed by atoms with E-state index >= 15 is 0 Å². The second-order valence-electron chi connectivity index (χ2n) is 4.29. The molecule has 0 aliphatic rings. The molecule has 0 saturated carbocycles. The number of benzene rings is 1. The average Bonchev–Trinajstić information content (AvgIpc) is 2.30. The number of nitrogens with one attached hydrogen (secondary N) is 1. The Hall–Kier alpha value is -1.00. The fraction of sp³-hybridized carbons (Fsp3) is 0.538. The Balaban J connectivity index is 2.32. The summed E-state index contributed by atoms with van der Waals surface area (Å²) in [4.78, 5) is 0. The Labute approximate surface area is 101 Å². The Bertz CT molecular complexity index is 314. The maximum atomic E-state index is 12.3. The van der Waals surface area contributed by atoms with E-state index in [1.165, 1.54) is 12.1 Å². The van der Waals surface area contributed by atoms with Crippen molar-refractivity contribution in [3.63, 3.8) is 0 Å². The van der Waals surface area contributed by atoms with Crippen LogP contribution in [0.4, 0.5) is 8.78 Å². The van der Waals surface area contributed by atoms with Crippen LogP contribution in [0.2, 0.25) is 0 Å². The Morgan fingerprint density at radius 3 is 2.41 bits per heavy atom. The SMILES string of the molecule is CC(CCO)CNCc1ccc(C(F)F)cc1. The minimum atomic E-state index is -2.40. The number of halogens is 2. The van der Waals surface area contributed by atoms with Crippen molar-refractivity contribution in [1.29, 1.82) is 0 Å². The standard InChI is InChI=1S/C13H19F2NO/c1-10(6-7-17)8-16-9-11-2-4-12(5-3-11)13(14)15/h2-5,10,13,16-17H,6-9H2,1H3. The third kappa shape index (κ3) is 5.24. The molecule has 1 unspecified atom stereocenters. The first-order chi connectivity index (χ1) is 8.13. The van der Waals surface area contributed by atoms with Crippen LogP contribution in [0.1, 0.15) is 30.9 Å².